The van der Waals surface area contributed by atoms with E-state index in [-0.39, 0.29) is 11.4 Å². The second kappa shape index (κ2) is 12.9. The molecule has 6 rings (SSSR count). The maximum absolute atomic E-state index is 14.9. The minimum absolute atomic E-state index is 0.0767. The highest BCUT2D eigenvalue weighted by molar-refractivity contribution is 6.32. The van der Waals surface area contributed by atoms with E-state index < -0.39 is 5.82 Å². The van der Waals surface area contributed by atoms with Crippen LogP contribution < -0.4 is 10.6 Å². The fourth-order valence-corrected chi connectivity index (χ4v) is 5.01. The van der Waals surface area contributed by atoms with Gasteiger partial charge in [-0.15, -0.1) is 0 Å². The van der Waals surface area contributed by atoms with Crippen molar-refractivity contribution in [1.82, 2.24) is 19.3 Å². The van der Waals surface area contributed by atoms with Crippen molar-refractivity contribution in [3.8, 4) is 33.7 Å². The average Bonchev–Trinajstić information content (AvgIpc) is 3.62. The quantitative estimate of drug-likeness (QED) is 0.245. The minimum atomic E-state index is -0.501. The Labute approximate surface area is 243 Å². The van der Waals surface area contributed by atoms with Crippen molar-refractivity contribution in [3.05, 3.63) is 82.4 Å². The van der Waals surface area contributed by atoms with Gasteiger partial charge >= 0.3 is 5.69 Å². The molecule has 0 aliphatic carbocycles. The van der Waals surface area contributed by atoms with Crippen LogP contribution in [0, 0.1) is 5.82 Å². The predicted octanol–water partition coefficient (Wildman–Crippen LogP) is 6.83. The number of phenols is 1. The van der Waals surface area contributed by atoms with Gasteiger partial charge in [0.15, 0.2) is 0 Å². The van der Waals surface area contributed by atoms with Gasteiger partial charge in [-0.3, -0.25) is 14.7 Å². The van der Waals surface area contributed by atoms with Gasteiger partial charge in [-0.1, -0.05) is 45.4 Å². The number of hydrogen-bond acceptors (Lipinski definition) is 5. The number of nitrogens with zero attached hydrogens (tertiary/aromatic N) is 5. The summed E-state index contributed by atoms with van der Waals surface area (Å²) in [7, 11) is 1.65. The molecule has 214 valence electrons. The second-order valence-electron chi connectivity index (χ2n) is 8.94. The lowest BCUT2D eigenvalue weighted by Gasteiger charge is -2.26. The van der Waals surface area contributed by atoms with Gasteiger partial charge in [0.25, 0.3) is 0 Å². The lowest BCUT2D eigenvalue weighted by Crippen LogP contribution is -2.31. The Morgan fingerprint density at radius 1 is 0.976 bits per heavy atom. The second-order valence-corrected chi connectivity index (χ2v) is 9.35. The number of H-pyrrole nitrogens is 1. The van der Waals surface area contributed by atoms with E-state index in [1.807, 2.05) is 46.0 Å². The Bertz CT molecular complexity index is 1750. The molecule has 0 spiro atoms. The van der Waals surface area contributed by atoms with Crippen LogP contribution in [0.5, 0.6) is 5.75 Å². The van der Waals surface area contributed by atoms with Crippen molar-refractivity contribution < 1.29 is 9.50 Å². The molecule has 3 aromatic carbocycles. The van der Waals surface area contributed by atoms with Gasteiger partial charge in [0.1, 0.15) is 11.6 Å². The molecule has 0 bridgehead atoms. The molecule has 10 heteroatoms. The van der Waals surface area contributed by atoms with E-state index in [0.717, 1.165) is 23.1 Å². The Hall–Kier alpha value is -4.37. The van der Waals surface area contributed by atoms with E-state index in [9.17, 15) is 14.3 Å². The molecule has 0 amide bonds. The van der Waals surface area contributed by atoms with E-state index in [0.29, 0.717) is 46.1 Å². The van der Waals surface area contributed by atoms with Gasteiger partial charge in [-0.05, 0) is 47.5 Å². The molecule has 1 aliphatic heterocycles. The predicted molar refractivity (Wildman–Crippen MR) is 166 cm³/mol. The molecule has 0 saturated carbocycles. The number of rotatable bonds is 4. The number of anilines is 1. The van der Waals surface area contributed by atoms with E-state index in [4.69, 9.17) is 11.6 Å². The van der Waals surface area contributed by atoms with Crippen molar-refractivity contribution in [3.63, 3.8) is 0 Å². The van der Waals surface area contributed by atoms with Crippen LogP contribution in [0.25, 0.3) is 38.8 Å². The third kappa shape index (κ3) is 5.76. The van der Waals surface area contributed by atoms with Gasteiger partial charge in [0, 0.05) is 54.4 Å². The zero-order valence-corrected chi connectivity index (χ0v) is 24.6. The van der Waals surface area contributed by atoms with Crippen molar-refractivity contribution in [2.24, 2.45) is 12.0 Å². The van der Waals surface area contributed by atoms with Crippen LogP contribution in [0.3, 0.4) is 0 Å². The highest BCUT2D eigenvalue weighted by atomic mass is 35.5. The molecule has 2 N–H and O–H groups in total. The number of aliphatic imine (C=N–C) groups is 1. The average molecular weight is 577 g/mol. The van der Waals surface area contributed by atoms with Crippen molar-refractivity contribution >= 4 is 34.4 Å². The van der Waals surface area contributed by atoms with Crippen LogP contribution >= 0.6 is 11.6 Å². The zero-order chi connectivity index (χ0) is 29.7. The normalized spacial score (nSPS) is 12.5. The Balaban J connectivity index is 0.000000929. The molecular formula is C31H34ClFN6O2. The molecule has 2 aromatic heterocycles. The molecule has 0 radical (unpaired) electrons. The van der Waals surface area contributed by atoms with E-state index >= 15 is 0 Å². The summed E-state index contributed by atoms with van der Waals surface area (Å²) < 4.78 is 17.8. The summed E-state index contributed by atoms with van der Waals surface area (Å²) in [4.78, 5) is 18.8. The van der Waals surface area contributed by atoms with Crippen LogP contribution in [-0.4, -0.2) is 50.3 Å². The van der Waals surface area contributed by atoms with Crippen LogP contribution in [0.15, 0.2) is 70.8 Å². The number of aromatic amines is 1. The lowest BCUT2D eigenvalue weighted by molar-refractivity contribution is 0.477. The minimum Gasteiger partial charge on any atom is -0.507 e. The largest absolute Gasteiger partial charge is 0.507 e. The molecule has 8 nitrogen and oxygen atoms in total. The summed E-state index contributed by atoms with van der Waals surface area (Å²) >= 11 is 6.53. The van der Waals surface area contributed by atoms with E-state index in [2.05, 4.69) is 20.1 Å². The molecule has 0 saturated heterocycles. The summed E-state index contributed by atoms with van der Waals surface area (Å²) in [6, 6.07) is 11.4. The van der Waals surface area contributed by atoms with Crippen LogP contribution in [-0.2, 0) is 7.05 Å². The molecule has 3 heterocycles. The van der Waals surface area contributed by atoms with E-state index in [1.165, 1.54) is 21.3 Å². The number of fused-ring (bicyclic) bond motifs is 1. The Kier molecular flexibility index (Phi) is 9.29. The summed E-state index contributed by atoms with van der Waals surface area (Å²) in [5.41, 5.74) is 3.76. The van der Waals surface area contributed by atoms with Crippen LogP contribution in [0.4, 0.5) is 10.1 Å². The number of halogens is 2. The summed E-state index contributed by atoms with van der Waals surface area (Å²) in [5.74, 6) is -0.578. The summed E-state index contributed by atoms with van der Waals surface area (Å²) in [6.45, 7) is 10.1. The van der Waals surface area contributed by atoms with E-state index in [1.54, 1.807) is 43.8 Å². The van der Waals surface area contributed by atoms with Crippen molar-refractivity contribution in [1.29, 1.82) is 0 Å². The molecule has 1 aliphatic rings. The first-order valence-corrected chi connectivity index (χ1v) is 14.1. The standard InChI is InChI=1S/C27H22ClFN6O2.2C2H6/c1-33-8-9-35(27(33)37)24-3-2-16(10-22(24)28)19-13-18(29)14-20(26(19)36)17-11-23-21(15-31-32-23)25(12-17)34-6-4-30-5-7-34;2*1-2/h2-4,8-15,36H,5-7H2,1H3,(H,31,32);2*1-2H3. The number of hydrogen-bond donors (Lipinski definition) is 2. The number of nitrogens with one attached hydrogen (secondary N) is 1. The molecular weight excluding hydrogens is 543 g/mol. The van der Waals surface area contributed by atoms with Gasteiger partial charge in [0.2, 0.25) is 0 Å². The molecule has 0 unspecified atom stereocenters. The monoisotopic (exact) mass is 576 g/mol. The lowest BCUT2D eigenvalue weighted by atomic mass is 9.95. The van der Waals surface area contributed by atoms with Crippen molar-refractivity contribution in [2.75, 3.05) is 24.5 Å². The fraction of sp³-hybridized carbons (Fsp3) is 0.258. The highest BCUT2D eigenvalue weighted by Crippen LogP contribution is 2.42. The molecule has 0 atom stereocenters. The first-order valence-electron chi connectivity index (χ1n) is 13.7. The maximum Gasteiger partial charge on any atom is 0.332 e. The number of aryl methyl sites for hydroxylation is 1. The number of aromatic hydroxyl groups is 1. The highest BCUT2D eigenvalue weighted by Gasteiger charge is 2.19. The smallest absolute Gasteiger partial charge is 0.332 e. The number of aromatic nitrogens is 4. The molecule has 41 heavy (non-hydrogen) atoms. The third-order valence-corrected chi connectivity index (χ3v) is 6.96. The number of benzene rings is 3. The first-order chi connectivity index (χ1) is 19.9. The third-order valence-electron chi connectivity index (χ3n) is 6.66. The van der Waals surface area contributed by atoms with Gasteiger partial charge in [-0.2, -0.15) is 5.10 Å². The Morgan fingerprint density at radius 2 is 1.71 bits per heavy atom. The van der Waals surface area contributed by atoms with Gasteiger partial charge in [0.05, 0.1) is 35.5 Å². The van der Waals surface area contributed by atoms with Crippen LogP contribution in [0.1, 0.15) is 27.7 Å². The molecule has 0 fully saturated rings. The fourth-order valence-electron chi connectivity index (χ4n) is 4.74. The molecule has 5 aromatic rings. The first kappa shape index (κ1) is 29.6. The number of imidazole rings is 1. The maximum atomic E-state index is 14.9. The van der Waals surface area contributed by atoms with Gasteiger partial charge < -0.3 is 14.6 Å². The SMILES string of the molecule is CC.CC.Cn1ccn(-c2ccc(-c3cc(F)cc(-c4cc(N5CC=NCC5)c5cn[nH]c5c4)c3O)cc2Cl)c1=O. The van der Waals surface area contributed by atoms with Crippen molar-refractivity contribution in [2.45, 2.75) is 27.7 Å². The topological polar surface area (TPSA) is 91.4 Å². The van der Waals surface area contributed by atoms with Gasteiger partial charge in [-0.25, -0.2) is 9.18 Å². The van der Waals surface area contributed by atoms with Crippen LogP contribution in [0.2, 0.25) is 5.02 Å². The summed E-state index contributed by atoms with van der Waals surface area (Å²) in [6.07, 6.45) is 6.90. The zero-order valence-electron chi connectivity index (χ0n) is 23.8. The summed E-state index contributed by atoms with van der Waals surface area (Å²) in [5, 5.41) is 19.8. The number of phenolic OH excluding ortho intramolecular Hbond substituents is 1. The Morgan fingerprint density at radius 3 is 2.34 bits per heavy atom.